The zero-order chi connectivity index (χ0) is 20.9. The molecule has 3 rings (SSSR count). The van der Waals surface area contributed by atoms with E-state index >= 15 is 0 Å². The molecule has 0 saturated carbocycles. The van der Waals surface area contributed by atoms with Crippen LogP contribution in [0.3, 0.4) is 0 Å². The number of carboxylic acids is 1. The molecule has 0 unspecified atom stereocenters. The Morgan fingerprint density at radius 3 is 2.32 bits per heavy atom. The fraction of sp³-hybridized carbons (Fsp3) is 0.235. The molecule has 8 nitrogen and oxygen atoms in total. The number of fused-ring (bicyclic) bond motifs is 1. The zero-order valence-electron chi connectivity index (χ0n) is 14.9. The number of rotatable bonds is 3. The van der Waals surface area contributed by atoms with Gasteiger partial charge in [-0.25, -0.2) is 14.8 Å². The third-order valence-electron chi connectivity index (χ3n) is 3.50. The number of halogens is 3. The van der Waals surface area contributed by atoms with Gasteiger partial charge in [-0.1, -0.05) is 12.1 Å². The van der Waals surface area contributed by atoms with Gasteiger partial charge in [0.15, 0.2) is 5.82 Å². The standard InChI is InChI=1S/C15H15N5O.C2HF3O2/c1-19-8-7-16-14(19)15(21)20(2)10-11-9-17-12-5-3-4-6-13(12)18-11;3-2(4,5)1(6)7/h3-9H,10H2,1-2H3;(H,6,7). The summed E-state index contributed by atoms with van der Waals surface area (Å²) < 4.78 is 33.4. The van der Waals surface area contributed by atoms with Gasteiger partial charge >= 0.3 is 12.1 Å². The van der Waals surface area contributed by atoms with Crippen molar-refractivity contribution in [3.05, 3.63) is 54.4 Å². The van der Waals surface area contributed by atoms with Crippen molar-refractivity contribution < 1.29 is 27.9 Å². The molecular weight excluding hydrogens is 379 g/mol. The van der Waals surface area contributed by atoms with E-state index in [0.717, 1.165) is 16.7 Å². The van der Waals surface area contributed by atoms with Crippen LogP contribution in [0.2, 0.25) is 0 Å². The van der Waals surface area contributed by atoms with Gasteiger partial charge in [0.2, 0.25) is 0 Å². The number of hydrogen-bond acceptors (Lipinski definition) is 5. The maximum absolute atomic E-state index is 12.3. The van der Waals surface area contributed by atoms with Crippen molar-refractivity contribution in [2.45, 2.75) is 12.7 Å². The maximum atomic E-state index is 12.3. The van der Waals surface area contributed by atoms with E-state index in [2.05, 4.69) is 15.0 Å². The van der Waals surface area contributed by atoms with Crippen LogP contribution < -0.4 is 0 Å². The predicted molar refractivity (Wildman–Crippen MR) is 92.2 cm³/mol. The van der Waals surface area contributed by atoms with E-state index in [1.807, 2.05) is 24.3 Å². The molecule has 0 aliphatic carbocycles. The van der Waals surface area contributed by atoms with Crippen molar-refractivity contribution in [2.24, 2.45) is 7.05 Å². The van der Waals surface area contributed by atoms with Crippen LogP contribution >= 0.6 is 0 Å². The molecule has 1 amide bonds. The van der Waals surface area contributed by atoms with Gasteiger partial charge in [0.05, 0.1) is 29.5 Å². The minimum absolute atomic E-state index is 0.141. The average molecular weight is 395 g/mol. The monoisotopic (exact) mass is 395 g/mol. The molecule has 0 saturated heterocycles. The number of carboxylic acid groups (broad SMARTS) is 1. The van der Waals surface area contributed by atoms with Gasteiger partial charge in [-0.3, -0.25) is 9.78 Å². The third kappa shape index (κ3) is 5.25. The first kappa shape index (κ1) is 20.8. The highest BCUT2D eigenvalue weighted by Gasteiger charge is 2.38. The summed E-state index contributed by atoms with van der Waals surface area (Å²) in [6.07, 6.45) is -0.0294. The molecule has 0 aliphatic heterocycles. The third-order valence-corrected chi connectivity index (χ3v) is 3.50. The minimum atomic E-state index is -5.08. The van der Waals surface area contributed by atoms with E-state index in [9.17, 15) is 18.0 Å². The maximum Gasteiger partial charge on any atom is 0.490 e. The molecule has 2 aromatic heterocycles. The number of carbonyl (C=O) groups excluding carboxylic acids is 1. The lowest BCUT2D eigenvalue weighted by molar-refractivity contribution is -0.192. The Bertz CT molecular complexity index is 987. The van der Waals surface area contributed by atoms with Crippen LogP contribution in [-0.2, 0) is 18.4 Å². The van der Waals surface area contributed by atoms with Gasteiger partial charge in [-0.05, 0) is 12.1 Å². The van der Waals surface area contributed by atoms with Crippen molar-refractivity contribution in [1.29, 1.82) is 0 Å². The summed E-state index contributed by atoms with van der Waals surface area (Å²) in [4.78, 5) is 35.7. The summed E-state index contributed by atoms with van der Waals surface area (Å²) in [6.45, 7) is 0.392. The molecule has 0 atom stereocenters. The van der Waals surface area contributed by atoms with Crippen LogP contribution in [-0.4, -0.2) is 54.6 Å². The van der Waals surface area contributed by atoms with Crippen molar-refractivity contribution in [3.8, 4) is 0 Å². The predicted octanol–water partition coefficient (Wildman–Crippen LogP) is 2.27. The molecule has 1 aromatic carbocycles. The largest absolute Gasteiger partial charge is 0.490 e. The van der Waals surface area contributed by atoms with Gasteiger partial charge < -0.3 is 14.6 Å². The molecule has 148 valence electrons. The second-order valence-corrected chi connectivity index (χ2v) is 5.68. The van der Waals surface area contributed by atoms with Crippen LogP contribution in [0.25, 0.3) is 11.0 Å². The van der Waals surface area contributed by atoms with E-state index < -0.39 is 12.1 Å². The topological polar surface area (TPSA) is 101 Å². The Morgan fingerprint density at radius 1 is 1.18 bits per heavy atom. The number of amides is 1. The van der Waals surface area contributed by atoms with Crippen LogP contribution in [0, 0.1) is 0 Å². The number of nitrogens with zero attached hydrogens (tertiary/aromatic N) is 5. The number of aryl methyl sites for hydroxylation is 1. The van der Waals surface area contributed by atoms with Gasteiger partial charge in [-0.2, -0.15) is 13.2 Å². The molecule has 0 bridgehead atoms. The van der Waals surface area contributed by atoms with Gasteiger partial charge in [0, 0.05) is 26.5 Å². The highest BCUT2D eigenvalue weighted by Crippen LogP contribution is 2.13. The normalized spacial score (nSPS) is 10.9. The fourth-order valence-electron chi connectivity index (χ4n) is 2.13. The Labute approximate surface area is 157 Å². The van der Waals surface area contributed by atoms with Crippen LogP contribution in [0.15, 0.2) is 42.9 Å². The zero-order valence-corrected chi connectivity index (χ0v) is 14.9. The van der Waals surface area contributed by atoms with Crippen molar-refractivity contribution in [1.82, 2.24) is 24.4 Å². The second kappa shape index (κ2) is 8.46. The van der Waals surface area contributed by atoms with Crippen molar-refractivity contribution in [2.75, 3.05) is 7.05 Å². The Morgan fingerprint density at radius 2 is 1.79 bits per heavy atom. The van der Waals surface area contributed by atoms with Gasteiger partial charge in [0.25, 0.3) is 5.91 Å². The number of benzene rings is 1. The summed E-state index contributed by atoms with van der Waals surface area (Å²) in [5.74, 6) is -2.49. The van der Waals surface area contributed by atoms with Crippen LogP contribution in [0.4, 0.5) is 13.2 Å². The first-order chi connectivity index (χ1) is 13.1. The molecule has 11 heteroatoms. The Kier molecular flexibility index (Phi) is 6.29. The summed E-state index contributed by atoms with van der Waals surface area (Å²) in [5, 5.41) is 7.12. The number of imidazole rings is 1. The lowest BCUT2D eigenvalue weighted by Gasteiger charge is -2.16. The highest BCUT2D eigenvalue weighted by atomic mass is 19.4. The summed E-state index contributed by atoms with van der Waals surface area (Å²) >= 11 is 0. The van der Waals surface area contributed by atoms with E-state index in [1.165, 1.54) is 0 Å². The number of hydrogen-bond donors (Lipinski definition) is 1. The number of para-hydroxylation sites is 2. The SMILES string of the molecule is CN(Cc1cnc2ccccc2n1)C(=O)c1nccn1C.O=C(O)C(F)(F)F. The Balaban J connectivity index is 0.000000345. The quantitative estimate of drug-likeness (QED) is 0.730. The molecule has 2 heterocycles. The lowest BCUT2D eigenvalue weighted by atomic mass is 10.3. The summed E-state index contributed by atoms with van der Waals surface area (Å²) in [7, 11) is 3.53. The Hall–Kier alpha value is -3.50. The number of alkyl halides is 3. The molecular formula is C17H16F3N5O3. The molecule has 0 spiro atoms. The molecule has 3 aromatic rings. The average Bonchev–Trinajstić information content (AvgIpc) is 3.06. The van der Waals surface area contributed by atoms with E-state index in [-0.39, 0.29) is 5.91 Å². The molecule has 1 N–H and O–H groups in total. The fourth-order valence-corrected chi connectivity index (χ4v) is 2.13. The smallest absolute Gasteiger partial charge is 0.475 e. The van der Waals surface area contributed by atoms with Crippen LogP contribution in [0.5, 0.6) is 0 Å². The summed E-state index contributed by atoms with van der Waals surface area (Å²) in [6, 6.07) is 7.66. The molecule has 0 aliphatic rings. The number of aliphatic carboxylic acids is 1. The van der Waals surface area contributed by atoms with E-state index in [4.69, 9.17) is 9.90 Å². The minimum Gasteiger partial charge on any atom is -0.475 e. The van der Waals surface area contributed by atoms with E-state index in [1.54, 1.807) is 42.2 Å². The van der Waals surface area contributed by atoms with Gasteiger partial charge in [-0.15, -0.1) is 0 Å². The van der Waals surface area contributed by atoms with E-state index in [0.29, 0.717) is 12.4 Å². The first-order valence-corrected chi connectivity index (χ1v) is 7.83. The molecule has 0 fully saturated rings. The first-order valence-electron chi connectivity index (χ1n) is 7.83. The van der Waals surface area contributed by atoms with Crippen molar-refractivity contribution in [3.63, 3.8) is 0 Å². The second-order valence-electron chi connectivity index (χ2n) is 5.68. The lowest BCUT2D eigenvalue weighted by Crippen LogP contribution is -2.29. The van der Waals surface area contributed by atoms with Crippen LogP contribution in [0.1, 0.15) is 16.3 Å². The molecule has 0 radical (unpaired) electrons. The number of aromatic nitrogens is 4. The number of carbonyl (C=O) groups is 2. The molecule has 28 heavy (non-hydrogen) atoms. The van der Waals surface area contributed by atoms with Gasteiger partial charge in [0.1, 0.15) is 0 Å². The van der Waals surface area contributed by atoms with Crippen molar-refractivity contribution >= 4 is 22.9 Å². The summed E-state index contributed by atoms with van der Waals surface area (Å²) in [5.41, 5.74) is 2.42. The highest BCUT2D eigenvalue weighted by molar-refractivity contribution is 5.90.